The molecule has 0 spiro atoms. The van der Waals surface area contributed by atoms with Crippen molar-refractivity contribution in [3.05, 3.63) is 0 Å². The lowest BCUT2D eigenvalue weighted by Crippen LogP contribution is -2.72. The van der Waals surface area contributed by atoms with Gasteiger partial charge in [-0.05, 0) is 13.8 Å². The Morgan fingerprint density at radius 1 is 0.237 bits per heavy atom. The van der Waals surface area contributed by atoms with Gasteiger partial charge in [-0.1, -0.05) is 382 Å². The molecule has 0 amide bonds. The first-order valence-electron chi connectivity index (χ1n) is 8.29. The van der Waals surface area contributed by atoms with Gasteiger partial charge in [-0.2, -0.15) is 0 Å². The fourth-order valence-corrected chi connectivity index (χ4v) is 25.1. The fraction of sp³-hybridized carbons (Fsp3) is 1.00. The molecule has 0 aromatic heterocycles. The first-order chi connectivity index (χ1) is 15.8. The van der Waals surface area contributed by atoms with Crippen LogP contribution < -0.4 is 0 Å². The highest BCUT2D eigenvalue weighted by Crippen LogP contribution is 2.81. The van der Waals surface area contributed by atoms with Gasteiger partial charge < -0.3 is 0 Å². The zero-order chi connectivity index (χ0) is 32.0. The zero-order valence-corrected chi connectivity index (χ0v) is 55.1. The Bertz CT molecular complexity index is 794. The van der Waals surface area contributed by atoms with E-state index in [9.17, 15) is 0 Å². The van der Waals surface area contributed by atoms with E-state index in [0.717, 1.165) is 0 Å². The van der Waals surface area contributed by atoms with Crippen molar-refractivity contribution in [1.29, 1.82) is 0 Å². The molecule has 0 saturated carbocycles. The van der Waals surface area contributed by atoms with Crippen LogP contribution in [-0.4, -0.2) is 38.8 Å². The minimum absolute atomic E-state index is 0.576. The van der Waals surface area contributed by atoms with Crippen LogP contribution in [0.15, 0.2) is 0 Å². The van der Waals surface area contributed by atoms with E-state index in [1.807, 2.05) is 13.8 Å². The number of hydrogen-bond donors (Lipinski definition) is 0. The summed E-state index contributed by atoms with van der Waals surface area (Å²) in [6, 6.07) is 0. The fourth-order valence-electron chi connectivity index (χ4n) is 2.13. The van der Waals surface area contributed by atoms with E-state index in [1.54, 1.807) is 0 Å². The molecule has 230 valence electrons. The minimum atomic E-state index is -1.14. The summed E-state index contributed by atoms with van der Waals surface area (Å²) < 4.78 is -11.7. The first-order valence-corrected chi connectivity index (χ1v) is 27.3. The molecule has 1 unspecified atom stereocenters. The number of rotatable bonds is 10. The Hall–Kier alpha value is 11.5. The zero-order valence-electron chi connectivity index (χ0n) is 17.1. The molecule has 24 heteroatoms. The molecular formula is C14H6Br24. The summed E-state index contributed by atoms with van der Waals surface area (Å²) in [5, 5.41) is 0. The summed E-state index contributed by atoms with van der Waals surface area (Å²) in [6.07, 6.45) is 0. The topological polar surface area (TPSA) is 0 Å². The summed E-state index contributed by atoms with van der Waals surface area (Å²) in [5.41, 5.74) is 0. The average molecular weight is 2090 g/mol. The maximum absolute atomic E-state index is 3.96. The quantitative estimate of drug-likeness (QED) is 0.191. The molecular weight excluding hydrogens is 2090 g/mol. The van der Waals surface area contributed by atoms with Crippen molar-refractivity contribution in [3.63, 3.8) is 0 Å². The lowest BCUT2D eigenvalue weighted by Gasteiger charge is -2.61. The van der Waals surface area contributed by atoms with Crippen molar-refractivity contribution in [2.45, 2.75) is 52.6 Å². The molecule has 0 saturated heterocycles. The van der Waals surface area contributed by atoms with Crippen LogP contribution in [0.3, 0.4) is 0 Å². The third-order valence-electron chi connectivity index (χ3n) is 4.92. The van der Waals surface area contributed by atoms with Gasteiger partial charge in [-0.3, -0.25) is 0 Å². The Labute approximate surface area is 424 Å². The van der Waals surface area contributed by atoms with Crippen LogP contribution in [0.4, 0.5) is 0 Å². The highest BCUT2D eigenvalue weighted by molar-refractivity contribution is 9.42. The van der Waals surface area contributed by atoms with Crippen LogP contribution >= 0.6 is 382 Å². The third-order valence-corrected chi connectivity index (χ3v) is 53.8. The number of alkyl halides is 24. The van der Waals surface area contributed by atoms with Crippen LogP contribution in [0.25, 0.3) is 0 Å². The largest absolute Gasteiger partial charge is 0.162 e. The highest BCUT2D eigenvalue weighted by Gasteiger charge is 2.81. The molecule has 0 rings (SSSR count). The van der Waals surface area contributed by atoms with Gasteiger partial charge in [0.05, 0.1) is 7.56 Å². The third kappa shape index (κ3) is 8.42. The summed E-state index contributed by atoms with van der Waals surface area (Å²) in [7, 11) is 0. The molecule has 1 atom stereocenters. The van der Waals surface area contributed by atoms with Crippen molar-refractivity contribution < 1.29 is 0 Å². The molecule has 0 N–H and O–H groups in total. The first kappa shape index (κ1) is 49.5. The van der Waals surface area contributed by atoms with E-state index in [4.69, 9.17) is 0 Å². The SMILES string of the molecule is CC(Br)(Br)C(C)(Br)C(Br)(Br)C(Br)(Br)C(Br)(Br)C(Br)(Br)C(Br)(Br)C(Br)(Br)C(Br)(Br)C(Br)(Br)C(Br)(Br)C(Br)(Br)Br. The predicted molar refractivity (Wildman–Crippen MR) is 258 cm³/mol. The van der Waals surface area contributed by atoms with E-state index >= 15 is 0 Å². The summed E-state index contributed by atoms with van der Waals surface area (Å²) in [4.78, 5) is 0. The molecule has 0 aromatic rings. The van der Waals surface area contributed by atoms with Crippen molar-refractivity contribution in [1.82, 2.24) is 0 Å². The molecule has 0 bridgehead atoms. The maximum atomic E-state index is 3.96. The lowest BCUT2D eigenvalue weighted by atomic mass is 9.97. The van der Waals surface area contributed by atoms with Crippen LogP contribution in [0.1, 0.15) is 13.8 Å². The molecule has 0 aliphatic carbocycles. The van der Waals surface area contributed by atoms with Crippen LogP contribution in [0.2, 0.25) is 0 Å². The second kappa shape index (κ2) is 15.7. The van der Waals surface area contributed by atoms with Gasteiger partial charge in [0.1, 0.15) is 29.1 Å². The summed E-state index contributed by atoms with van der Waals surface area (Å²) in [5.74, 6) is 0. The van der Waals surface area contributed by atoms with E-state index in [1.165, 1.54) is 0 Å². The number of hydrogen-bond acceptors (Lipinski definition) is 0. The van der Waals surface area contributed by atoms with Crippen molar-refractivity contribution in [2.24, 2.45) is 0 Å². The molecule has 0 aliphatic rings. The van der Waals surface area contributed by atoms with E-state index in [0.29, 0.717) is 0 Å². The minimum Gasteiger partial charge on any atom is -0.0806 e. The Balaban J connectivity index is 7.29. The number of halogens is 24. The Morgan fingerprint density at radius 2 is 0.395 bits per heavy atom. The van der Waals surface area contributed by atoms with Gasteiger partial charge >= 0.3 is 0 Å². The normalized spacial score (nSPS) is 18.5. The van der Waals surface area contributed by atoms with Gasteiger partial charge in [0.15, 0.2) is 2.14 Å². The van der Waals surface area contributed by atoms with E-state index < -0.39 is 38.8 Å². The van der Waals surface area contributed by atoms with E-state index in [2.05, 4.69) is 382 Å². The van der Waals surface area contributed by atoms with Crippen LogP contribution in [0.5, 0.6) is 0 Å². The van der Waals surface area contributed by atoms with Gasteiger partial charge in [0.2, 0.25) is 0 Å². The van der Waals surface area contributed by atoms with E-state index in [-0.39, 0.29) is 0 Å². The average Bonchev–Trinajstić information content (AvgIpc) is 2.64. The van der Waals surface area contributed by atoms with Gasteiger partial charge in [-0.25, -0.2) is 0 Å². The molecule has 0 aromatic carbocycles. The van der Waals surface area contributed by atoms with Gasteiger partial charge in [-0.15, -0.1) is 0 Å². The van der Waals surface area contributed by atoms with Crippen molar-refractivity contribution in [3.8, 4) is 0 Å². The van der Waals surface area contributed by atoms with Crippen LogP contribution in [-0.2, 0) is 0 Å². The van der Waals surface area contributed by atoms with Gasteiger partial charge in [0.25, 0.3) is 0 Å². The second-order valence-electron chi connectivity index (χ2n) is 7.56. The molecule has 0 fully saturated rings. The molecule has 0 nitrogen and oxygen atoms in total. The van der Waals surface area contributed by atoms with Crippen molar-refractivity contribution in [2.75, 3.05) is 0 Å². The molecule has 0 heterocycles. The second-order valence-corrected chi connectivity index (χ2v) is 51.1. The molecule has 0 radical (unpaired) electrons. The smallest absolute Gasteiger partial charge is 0.0806 e. The lowest BCUT2D eigenvalue weighted by molar-refractivity contribution is 0.503. The summed E-state index contributed by atoms with van der Waals surface area (Å²) >= 11 is 92.7. The summed E-state index contributed by atoms with van der Waals surface area (Å²) in [6.45, 7) is 3.99. The monoisotopic (exact) mass is 2070 g/mol. The predicted octanol–water partition coefficient (Wildman–Crippen LogP) is 18.9. The standard InChI is InChI=1S/C14H6Br24/c1-3(15,4(2,16)17)5(18,19)6(20,21)7(22,23)8(24,25)9(26,27)10(28,29)11(30,31)12(32,33)13(34,35)14(36,37)38/h1-2H3. The molecule has 0 aliphatic heterocycles. The van der Waals surface area contributed by atoms with Gasteiger partial charge in [0, 0.05) is 0 Å². The maximum Gasteiger partial charge on any atom is 0.162 e. The highest BCUT2D eigenvalue weighted by atomic mass is 80.0. The van der Waals surface area contributed by atoms with Crippen molar-refractivity contribution >= 4 is 382 Å². The van der Waals surface area contributed by atoms with Crippen LogP contribution in [0, 0.1) is 0 Å². The molecule has 38 heavy (non-hydrogen) atoms. The Kier molecular flexibility index (Phi) is 20.5. The Morgan fingerprint density at radius 3 is 0.553 bits per heavy atom.